The van der Waals surface area contributed by atoms with Gasteiger partial charge in [-0.25, -0.2) is 9.98 Å². The molecular weight excluding hydrogens is 380 g/mol. The van der Waals surface area contributed by atoms with Gasteiger partial charge in [-0.05, 0) is 61.7 Å². The Morgan fingerprint density at radius 1 is 1.14 bits per heavy atom. The first-order valence-corrected chi connectivity index (χ1v) is 11.7. The summed E-state index contributed by atoms with van der Waals surface area (Å²) in [4.78, 5) is 14.3. The van der Waals surface area contributed by atoms with Crippen LogP contribution >= 0.6 is 11.3 Å². The van der Waals surface area contributed by atoms with Crippen molar-refractivity contribution in [1.82, 2.24) is 15.6 Å². The Kier molecular flexibility index (Phi) is 6.87. The molecule has 2 saturated heterocycles. The number of guanidine groups is 1. The van der Waals surface area contributed by atoms with Gasteiger partial charge in [-0.2, -0.15) is 0 Å². The number of nitrogens with zero attached hydrogens (tertiary/aromatic N) is 4. The lowest BCUT2D eigenvalue weighted by molar-refractivity contribution is 0.463. The maximum absolute atomic E-state index is 4.80. The highest BCUT2D eigenvalue weighted by Gasteiger charge is 2.20. The van der Waals surface area contributed by atoms with E-state index in [1.165, 1.54) is 17.8 Å². The quantitative estimate of drug-likeness (QED) is 0.562. The molecule has 2 N–H and O–H groups in total. The van der Waals surface area contributed by atoms with Crippen molar-refractivity contribution in [3.63, 3.8) is 0 Å². The Bertz CT molecular complexity index is 759. The highest BCUT2D eigenvalue weighted by atomic mass is 32.1. The smallest absolute Gasteiger partial charge is 0.191 e. The van der Waals surface area contributed by atoms with E-state index in [-0.39, 0.29) is 0 Å². The Balaban J connectivity index is 1.29. The lowest BCUT2D eigenvalue weighted by Gasteiger charge is -2.33. The fourth-order valence-corrected chi connectivity index (χ4v) is 4.81. The summed E-state index contributed by atoms with van der Waals surface area (Å²) in [5.41, 5.74) is 1.15. The highest BCUT2D eigenvalue weighted by Crippen LogP contribution is 2.24. The second-order valence-corrected chi connectivity index (χ2v) is 8.70. The molecule has 0 unspecified atom stereocenters. The van der Waals surface area contributed by atoms with Crippen LogP contribution in [0, 0.1) is 0 Å². The van der Waals surface area contributed by atoms with Crippen LogP contribution in [-0.2, 0) is 6.54 Å². The van der Waals surface area contributed by atoms with Gasteiger partial charge in [0.15, 0.2) is 5.96 Å². The van der Waals surface area contributed by atoms with E-state index in [1.54, 1.807) is 0 Å². The minimum Gasteiger partial charge on any atom is -0.363 e. The van der Waals surface area contributed by atoms with Gasteiger partial charge in [0.2, 0.25) is 0 Å². The molecule has 4 rings (SSSR count). The van der Waals surface area contributed by atoms with Gasteiger partial charge in [-0.15, -0.1) is 11.3 Å². The van der Waals surface area contributed by atoms with E-state index >= 15 is 0 Å². The average Bonchev–Trinajstić information content (AvgIpc) is 3.47. The van der Waals surface area contributed by atoms with Gasteiger partial charge in [0.05, 0.1) is 11.5 Å². The standard InChI is InChI=1S/C22H32N6S/c1-2-23-22(26-19-9-13-28(14-10-19)21-6-5-15-29-21)25-17-18-7-8-20(24-16-18)27-11-3-4-12-27/h5-8,15-16,19H,2-4,9-14,17H2,1H3,(H2,23,25,26). The molecular formula is C22H32N6S. The molecule has 2 fully saturated rings. The number of hydrogen-bond donors (Lipinski definition) is 2. The van der Waals surface area contributed by atoms with Crippen molar-refractivity contribution in [1.29, 1.82) is 0 Å². The number of piperidine rings is 1. The molecule has 0 amide bonds. The van der Waals surface area contributed by atoms with Gasteiger partial charge in [-0.1, -0.05) is 6.07 Å². The zero-order valence-corrected chi connectivity index (χ0v) is 18.1. The van der Waals surface area contributed by atoms with Crippen molar-refractivity contribution in [3.05, 3.63) is 41.4 Å². The minimum atomic E-state index is 0.472. The Hall–Kier alpha value is -2.28. The molecule has 0 spiro atoms. The number of nitrogens with one attached hydrogen (secondary N) is 2. The maximum atomic E-state index is 4.80. The van der Waals surface area contributed by atoms with Gasteiger partial charge >= 0.3 is 0 Å². The van der Waals surface area contributed by atoms with Crippen molar-refractivity contribution in [2.45, 2.75) is 45.2 Å². The van der Waals surface area contributed by atoms with E-state index in [1.807, 2.05) is 17.5 Å². The normalized spacial score (nSPS) is 18.3. The number of pyridine rings is 1. The first-order chi connectivity index (χ1) is 14.3. The third-order valence-electron chi connectivity index (χ3n) is 5.66. The molecule has 7 heteroatoms. The summed E-state index contributed by atoms with van der Waals surface area (Å²) >= 11 is 1.83. The summed E-state index contributed by atoms with van der Waals surface area (Å²) in [6.07, 6.45) is 6.79. The predicted molar refractivity (Wildman–Crippen MR) is 123 cm³/mol. The third-order valence-corrected chi connectivity index (χ3v) is 6.59. The summed E-state index contributed by atoms with van der Waals surface area (Å²) in [5.74, 6) is 2.00. The highest BCUT2D eigenvalue weighted by molar-refractivity contribution is 7.14. The van der Waals surface area contributed by atoms with Crippen molar-refractivity contribution in [3.8, 4) is 0 Å². The summed E-state index contributed by atoms with van der Waals surface area (Å²) < 4.78 is 0. The number of anilines is 2. The van der Waals surface area contributed by atoms with E-state index in [0.29, 0.717) is 12.6 Å². The van der Waals surface area contributed by atoms with E-state index in [9.17, 15) is 0 Å². The van der Waals surface area contributed by atoms with Crippen molar-refractivity contribution >= 4 is 28.1 Å². The molecule has 6 nitrogen and oxygen atoms in total. The van der Waals surface area contributed by atoms with Crippen molar-refractivity contribution < 1.29 is 0 Å². The first kappa shape index (κ1) is 20.0. The number of aromatic nitrogens is 1. The van der Waals surface area contributed by atoms with Gasteiger partial charge in [0.25, 0.3) is 0 Å². The van der Waals surface area contributed by atoms with Crippen LogP contribution in [-0.4, -0.2) is 49.7 Å². The minimum absolute atomic E-state index is 0.472. The van der Waals surface area contributed by atoms with E-state index in [2.05, 4.69) is 62.0 Å². The van der Waals surface area contributed by atoms with Crippen molar-refractivity contribution in [2.75, 3.05) is 42.5 Å². The van der Waals surface area contributed by atoms with Crippen LogP contribution in [0.4, 0.5) is 10.8 Å². The molecule has 0 saturated carbocycles. The van der Waals surface area contributed by atoms with Crippen LogP contribution in [0.2, 0.25) is 0 Å². The molecule has 4 heterocycles. The molecule has 2 aromatic heterocycles. The summed E-state index contributed by atoms with van der Waals surface area (Å²) in [5, 5.41) is 10.6. The maximum Gasteiger partial charge on any atom is 0.191 e. The summed E-state index contributed by atoms with van der Waals surface area (Å²) in [7, 11) is 0. The molecule has 0 radical (unpaired) electrons. The predicted octanol–water partition coefficient (Wildman–Crippen LogP) is 3.47. The summed E-state index contributed by atoms with van der Waals surface area (Å²) in [6, 6.07) is 9.11. The molecule has 2 aliphatic heterocycles. The second-order valence-electron chi connectivity index (χ2n) is 7.77. The van der Waals surface area contributed by atoms with Crippen LogP contribution in [0.1, 0.15) is 38.2 Å². The molecule has 0 aromatic carbocycles. The van der Waals surface area contributed by atoms with Crippen molar-refractivity contribution in [2.24, 2.45) is 4.99 Å². The van der Waals surface area contributed by atoms with E-state index in [4.69, 9.17) is 4.99 Å². The molecule has 2 aromatic rings. The lowest BCUT2D eigenvalue weighted by Crippen LogP contribution is -2.48. The van der Waals surface area contributed by atoms with Crippen LogP contribution in [0.5, 0.6) is 0 Å². The Morgan fingerprint density at radius 2 is 1.97 bits per heavy atom. The SMILES string of the molecule is CCNC(=NCc1ccc(N2CCCC2)nc1)NC1CCN(c2cccs2)CC1. The third kappa shape index (κ3) is 5.41. The summed E-state index contributed by atoms with van der Waals surface area (Å²) in [6.45, 7) is 8.08. The zero-order chi connectivity index (χ0) is 19.9. The number of rotatable bonds is 6. The molecule has 156 valence electrons. The molecule has 29 heavy (non-hydrogen) atoms. The Morgan fingerprint density at radius 3 is 2.62 bits per heavy atom. The van der Waals surface area contributed by atoms with Gasteiger partial charge in [0.1, 0.15) is 5.82 Å². The molecule has 0 atom stereocenters. The van der Waals surface area contributed by atoms with Gasteiger partial charge in [0, 0.05) is 45.0 Å². The largest absolute Gasteiger partial charge is 0.363 e. The molecule has 0 bridgehead atoms. The topological polar surface area (TPSA) is 55.8 Å². The van der Waals surface area contributed by atoms with E-state index in [0.717, 1.165) is 62.9 Å². The molecule has 2 aliphatic rings. The van der Waals surface area contributed by atoms with Crippen LogP contribution < -0.4 is 20.4 Å². The number of aliphatic imine (C=N–C) groups is 1. The van der Waals surface area contributed by atoms with Crippen LogP contribution in [0.3, 0.4) is 0 Å². The Labute approximate surface area is 178 Å². The molecule has 0 aliphatic carbocycles. The lowest BCUT2D eigenvalue weighted by atomic mass is 10.1. The fourth-order valence-electron chi connectivity index (χ4n) is 4.02. The number of thiophene rings is 1. The van der Waals surface area contributed by atoms with Gasteiger partial charge in [-0.3, -0.25) is 0 Å². The van der Waals surface area contributed by atoms with Crippen LogP contribution in [0.25, 0.3) is 0 Å². The average molecular weight is 413 g/mol. The fraction of sp³-hybridized carbons (Fsp3) is 0.545. The second kappa shape index (κ2) is 9.96. The monoisotopic (exact) mass is 412 g/mol. The number of hydrogen-bond acceptors (Lipinski definition) is 5. The van der Waals surface area contributed by atoms with Gasteiger partial charge < -0.3 is 20.4 Å². The van der Waals surface area contributed by atoms with Crippen LogP contribution in [0.15, 0.2) is 40.8 Å². The first-order valence-electron chi connectivity index (χ1n) is 10.8. The van der Waals surface area contributed by atoms with E-state index < -0.39 is 0 Å². The zero-order valence-electron chi connectivity index (χ0n) is 17.3.